The van der Waals surface area contributed by atoms with Crippen LogP contribution >= 0.6 is 0 Å². The van der Waals surface area contributed by atoms with Gasteiger partial charge in [-0.05, 0) is 17.9 Å². The first kappa shape index (κ1) is 9.47. The molecule has 0 unspecified atom stereocenters. The molecule has 0 saturated heterocycles. The average Bonchev–Trinajstić information content (AvgIpc) is 1.60. The molecule has 0 heterocycles. The van der Waals surface area contributed by atoms with Gasteiger partial charge in [-0.3, -0.25) is 0 Å². The Morgan fingerprint density at radius 2 is 1.80 bits per heavy atom. The predicted octanol–water partition coefficient (Wildman–Crippen LogP) is 2.12. The second kappa shape index (κ2) is 3.04. The Hall–Kier alpha value is -0.525. The second-order valence-corrected chi connectivity index (χ2v) is 3.46. The van der Waals surface area contributed by atoms with Crippen LogP contribution in [0, 0.1) is 10.8 Å². The van der Waals surface area contributed by atoms with Crippen LogP contribution in [0.15, 0.2) is 11.5 Å². The molecule has 10 heavy (non-hydrogen) atoms. The van der Waals surface area contributed by atoms with Crippen LogP contribution in [-0.4, -0.2) is 13.6 Å². The third-order valence-electron chi connectivity index (χ3n) is 1.38. The Kier molecular flexibility index (Phi) is 2.88. The molecule has 0 amide bonds. The highest BCUT2D eigenvalue weighted by Crippen LogP contribution is 2.24. The molecule has 1 N–H and O–H groups in total. The first-order valence-corrected chi connectivity index (χ1v) is 3.37. The summed E-state index contributed by atoms with van der Waals surface area (Å²) >= 11 is 0. The third kappa shape index (κ3) is 2.38. The van der Waals surface area contributed by atoms with Crippen molar-refractivity contribution < 1.29 is 0 Å². The first-order chi connectivity index (χ1) is 4.39. The van der Waals surface area contributed by atoms with Gasteiger partial charge in [-0.25, -0.2) is 0 Å². The van der Waals surface area contributed by atoms with E-state index in [-0.39, 0.29) is 5.41 Å². The molecule has 0 rings (SSSR count). The van der Waals surface area contributed by atoms with Crippen molar-refractivity contribution in [3.8, 4) is 0 Å². The van der Waals surface area contributed by atoms with Gasteiger partial charge >= 0.3 is 0 Å². The maximum Gasteiger partial charge on any atom is 0.103 e. The van der Waals surface area contributed by atoms with E-state index in [1.54, 1.807) is 6.92 Å². The van der Waals surface area contributed by atoms with Gasteiger partial charge in [-0.2, -0.15) is 0 Å². The van der Waals surface area contributed by atoms with E-state index in [4.69, 9.17) is 13.3 Å². The highest BCUT2D eigenvalue weighted by atomic mass is 14.4. The molecule has 0 bridgehead atoms. The number of hydrogen-bond acceptors (Lipinski definition) is 1. The predicted molar refractivity (Wildman–Crippen MR) is 46.7 cm³/mol. The molecule has 0 aliphatic carbocycles. The van der Waals surface area contributed by atoms with Crippen LogP contribution in [0.1, 0.15) is 27.7 Å². The fraction of sp³-hybridized carbons (Fsp3) is 0.625. The van der Waals surface area contributed by atoms with Gasteiger partial charge in [0.05, 0.1) is 0 Å². The number of rotatable bonds is 1. The van der Waals surface area contributed by atoms with E-state index < -0.39 is 0 Å². The van der Waals surface area contributed by atoms with Crippen LogP contribution in [0.25, 0.3) is 0 Å². The quantitative estimate of drug-likeness (QED) is 0.420. The highest BCUT2D eigenvalue weighted by molar-refractivity contribution is 6.20. The zero-order valence-corrected chi connectivity index (χ0v) is 7.15. The molecule has 0 fully saturated rings. The lowest BCUT2D eigenvalue weighted by Crippen LogP contribution is -2.15. The summed E-state index contributed by atoms with van der Waals surface area (Å²) in [4.78, 5) is 0. The third-order valence-corrected chi connectivity index (χ3v) is 1.38. The van der Waals surface area contributed by atoms with E-state index in [1.165, 1.54) is 5.98 Å². The van der Waals surface area contributed by atoms with Crippen LogP contribution in [0.3, 0.4) is 0 Å². The Bertz CT molecular complexity index is 163. The van der Waals surface area contributed by atoms with Crippen molar-refractivity contribution in [1.29, 1.82) is 5.41 Å². The van der Waals surface area contributed by atoms with Gasteiger partial charge in [-0.15, -0.1) is 5.98 Å². The van der Waals surface area contributed by atoms with Crippen LogP contribution in [0.5, 0.6) is 0 Å². The lowest BCUT2D eigenvalue weighted by atomic mass is 9.81. The summed E-state index contributed by atoms with van der Waals surface area (Å²) in [5.41, 5.74) is 1.46. The zero-order chi connectivity index (χ0) is 8.36. The Morgan fingerprint density at radius 3 is 1.80 bits per heavy atom. The van der Waals surface area contributed by atoms with Crippen molar-refractivity contribution in [3.63, 3.8) is 0 Å². The van der Waals surface area contributed by atoms with Gasteiger partial charge in [0.2, 0.25) is 0 Å². The van der Waals surface area contributed by atoms with Crippen LogP contribution in [0.2, 0.25) is 0 Å². The van der Waals surface area contributed by atoms with E-state index in [0.29, 0.717) is 5.71 Å². The minimum Gasteiger partial charge on any atom is -0.305 e. The van der Waals surface area contributed by atoms with Gasteiger partial charge in [0, 0.05) is 5.71 Å². The lowest BCUT2D eigenvalue weighted by molar-refractivity contribution is 0.524. The monoisotopic (exact) mass is 135 g/mol. The lowest BCUT2D eigenvalue weighted by Gasteiger charge is -2.22. The van der Waals surface area contributed by atoms with Crippen molar-refractivity contribution in [3.05, 3.63) is 11.5 Å². The minimum absolute atomic E-state index is 0.000579. The number of nitrogens with one attached hydrogen (secondary N) is 1. The number of allylic oxidation sites excluding steroid dienone is 1. The van der Waals surface area contributed by atoms with Gasteiger partial charge in [0.15, 0.2) is 0 Å². The fourth-order valence-electron chi connectivity index (χ4n) is 0.938. The summed E-state index contributed by atoms with van der Waals surface area (Å²) in [7, 11) is 5.36. The molecule has 0 saturated carbocycles. The molecule has 0 aliphatic rings. The maximum atomic E-state index is 7.36. The van der Waals surface area contributed by atoms with Crippen LogP contribution in [0.4, 0.5) is 0 Å². The van der Waals surface area contributed by atoms with E-state index in [1.807, 2.05) is 20.8 Å². The molecule has 0 aromatic rings. The van der Waals surface area contributed by atoms with Crippen molar-refractivity contribution in [1.82, 2.24) is 0 Å². The van der Waals surface area contributed by atoms with Gasteiger partial charge < -0.3 is 5.41 Å². The van der Waals surface area contributed by atoms with Gasteiger partial charge in [0.25, 0.3) is 0 Å². The molecule has 0 aliphatic heterocycles. The van der Waals surface area contributed by atoms with Crippen molar-refractivity contribution in [2.75, 3.05) is 0 Å². The summed E-state index contributed by atoms with van der Waals surface area (Å²) in [6.45, 7) is 7.89. The Morgan fingerprint density at radius 1 is 1.40 bits per heavy atom. The normalized spacial score (nSPS) is 13.4. The average molecular weight is 135 g/mol. The highest BCUT2D eigenvalue weighted by Gasteiger charge is 2.16. The standard InChI is InChI=1S/C8H14BN/c1-6(10)7(5-9)8(2,3)4/h5,10H,1-4H3/b7-5+,10-6?. The smallest absolute Gasteiger partial charge is 0.103 e. The zero-order valence-electron chi connectivity index (χ0n) is 7.15. The van der Waals surface area contributed by atoms with Crippen LogP contribution < -0.4 is 0 Å². The van der Waals surface area contributed by atoms with E-state index in [9.17, 15) is 0 Å². The molecule has 2 heteroatoms. The summed E-state index contributed by atoms with van der Waals surface area (Å²) in [6.07, 6.45) is 0. The van der Waals surface area contributed by atoms with Crippen molar-refractivity contribution in [2.45, 2.75) is 27.7 Å². The summed E-state index contributed by atoms with van der Waals surface area (Å²) in [5, 5.41) is 7.36. The Balaban J connectivity index is 4.56. The molecule has 0 aromatic heterocycles. The van der Waals surface area contributed by atoms with Crippen molar-refractivity contribution >= 4 is 13.6 Å². The first-order valence-electron chi connectivity index (χ1n) is 3.37. The molecule has 54 valence electrons. The maximum absolute atomic E-state index is 7.36. The van der Waals surface area contributed by atoms with Crippen molar-refractivity contribution in [2.24, 2.45) is 5.41 Å². The molecule has 1 nitrogen and oxygen atoms in total. The topological polar surface area (TPSA) is 23.9 Å². The molecule has 0 spiro atoms. The molecular weight excluding hydrogens is 121 g/mol. The molecule has 0 aromatic carbocycles. The van der Waals surface area contributed by atoms with Gasteiger partial charge in [-0.1, -0.05) is 20.8 Å². The van der Waals surface area contributed by atoms with E-state index in [2.05, 4.69) is 0 Å². The summed E-state index contributed by atoms with van der Waals surface area (Å²) in [5.74, 6) is 1.52. The Labute approximate surface area is 64.4 Å². The van der Waals surface area contributed by atoms with Gasteiger partial charge in [0.1, 0.15) is 7.85 Å². The second-order valence-electron chi connectivity index (χ2n) is 3.46. The SMILES string of the molecule is [B]/C=C(\C(C)=N)C(C)(C)C. The fourth-order valence-corrected chi connectivity index (χ4v) is 0.938. The minimum atomic E-state index is 0.000579. The number of hydrogen-bond donors (Lipinski definition) is 1. The summed E-state index contributed by atoms with van der Waals surface area (Å²) < 4.78 is 0. The summed E-state index contributed by atoms with van der Waals surface area (Å²) in [6, 6.07) is 0. The van der Waals surface area contributed by atoms with Crippen LogP contribution in [-0.2, 0) is 0 Å². The molecule has 0 atom stereocenters. The largest absolute Gasteiger partial charge is 0.305 e. The van der Waals surface area contributed by atoms with E-state index >= 15 is 0 Å². The molecular formula is C8H14BN. The van der Waals surface area contributed by atoms with E-state index in [0.717, 1.165) is 5.57 Å². The molecule has 2 radical (unpaired) electrons.